The van der Waals surface area contributed by atoms with Crippen LogP contribution in [0.5, 0.6) is 11.5 Å². The first kappa shape index (κ1) is 18.7. The van der Waals surface area contributed by atoms with Crippen molar-refractivity contribution in [3.8, 4) is 22.8 Å². The van der Waals surface area contributed by atoms with Crippen LogP contribution in [0.25, 0.3) is 11.3 Å². The highest BCUT2D eigenvalue weighted by Crippen LogP contribution is 2.32. The molecule has 0 saturated heterocycles. The lowest BCUT2D eigenvalue weighted by atomic mass is 10.1. The maximum Gasteiger partial charge on any atom is 0.289 e. The number of hydrogen-bond acceptors (Lipinski definition) is 6. The van der Waals surface area contributed by atoms with E-state index in [1.807, 2.05) is 49.6 Å². The molecule has 0 radical (unpaired) electrons. The molecule has 0 aliphatic heterocycles. The Bertz CT molecular complexity index is 932. The summed E-state index contributed by atoms with van der Waals surface area (Å²) in [5.74, 6) is 0.900. The predicted molar refractivity (Wildman–Crippen MR) is 106 cm³/mol. The predicted octanol–water partition coefficient (Wildman–Crippen LogP) is 3.70. The Morgan fingerprint density at radius 3 is 2.85 bits per heavy atom. The number of rotatable bonds is 7. The molecule has 0 aliphatic carbocycles. The van der Waals surface area contributed by atoms with Gasteiger partial charge in [0, 0.05) is 10.4 Å². The van der Waals surface area contributed by atoms with Crippen LogP contribution in [0.2, 0.25) is 0 Å². The second-order valence-electron chi connectivity index (χ2n) is 5.91. The number of thiophene rings is 1. The Morgan fingerprint density at radius 2 is 2.15 bits per heavy atom. The van der Waals surface area contributed by atoms with E-state index in [9.17, 15) is 4.79 Å². The summed E-state index contributed by atoms with van der Waals surface area (Å²) in [4.78, 5) is 13.1. The molecule has 0 unspecified atom stereocenters. The lowest BCUT2D eigenvalue weighted by Gasteiger charge is -2.14. The van der Waals surface area contributed by atoms with Gasteiger partial charge in [-0.3, -0.25) is 9.89 Å². The van der Waals surface area contributed by atoms with Crippen LogP contribution in [0, 0.1) is 0 Å². The number of H-pyrrole nitrogens is 1. The number of nitrogens with one attached hydrogen (secondary N) is 2. The number of hydrogen-bond donors (Lipinski definition) is 2. The van der Waals surface area contributed by atoms with Gasteiger partial charge in [-0.25, -0.2) is 5.43 Å². The van der Waals surface area contributed by atoms with Crippen molar-refractivity contribution in [3.63, 3.8) is 0 Å². The molecule has 1 aromatic carbocycles. The van der Waals surface area contributed by atoms with Crippen LogP contribution >= 0.6 is 11.3 Å². The zero-order valence-corrected chi connectivity index (χ0v) is 16.0. The van der Waals surface area contributed by atoms with E-state index in [1.54, 1.807) is 19.4 Å². The fraction of sp³-hybridized carbons (Fsp3) is 0.211. The number of nitrogens with zero attached hydrogens (tertiary/aromatic N) is 2. The maximum absolute atomic E-state index is 12.2. The largest absolute Gasteiger partial charge is 0.493 e. The summed E-state index contributed by atoms with van der Waals surface area (Å²) < 4.78 is 11.1. The Balaban J connectivity index is 1.72. The Labute approximate surface area is 161 Å². The molecule has 0 spiro atoms. The molecular weight excluding hydrogens is 364 g/mol. The van der Waals surface area contributed by atoms with Crippen LogP contribution in [0.3, 0.4) is 0 Å². The van der Waals surface area contributed by atoms with Crippen molar-refractivity contribution in [2.24, 2.45) is 5.10 Å². The molecular formula is C19H20N4O3S. The van der Waals surface area contributed by atoms with Crippen LogP contribution in [0.15, 0.2) is 46.9 Å². The number of methoxy groups -OCH3 is 1. The summed E-state index contributed by atoms with van der Waals surface area (Å²) in [5, 5.41) is 12.8. The monoisotopic (exact) mass is 384 g/mol. The van der Waals surface area contributed by atoms with E-state index in [4.69, 9.17) is 9.47 Å². The Hall–Kier alpha value is -3.13. The molecule has 7 nitrogen and oxygen atoms in total. The minimum absolute atomic E-state index is 0.0418. The van der Waals surface area contributed by atoms with Gasteiger partial charge >= 0.3 is 0 Å². The van der Waals surface area contributed by atoms with Crippen molar-refractivity contribution in [2.45, 2.75) is 20.0 Å². The molecule has 0 bridgehead atoms. The number of aromatic amines is 1. The highest BCUT2D eigenvalue weighted by Gasteiger charge is 2.13. The minimum Gasteiger partial charge on any atom is -0.493 e. The molecule has 8 heteroatoms. The molecule has 2 heterocycles. The minimum atomic E-state index is -0.367. The number of carbonyl (C=O) groups is 1. The smallest absolute Gasteiger partial charge is 0.289 e. The van der Waals surface area contributed by atoms with Gasteiger partial charge in [0.2, 0.25) is 0 Å². The molecule has 0 atom stereocenters. The zero-order chi connectivity index (χ0) is 19.2. The van der Waals surface area contributed by atoms with Gasteiger partial charge in [-0.05, 0) is 49.6 Å². The average Bonchev–Trinajstić information content (AvgIpc) is 3.33. The molecule has 140 valence electrons. The molecule has 0 saturated carbocycles. The van der Waals surface area contributed by atoms with Crippen LogP contribution in [-0.4, -0.2) is 35.5 Å². The first-order chi connectivity index (χ1) is 13.1. The number of ether oxygens (including phenoxy) is 2. The van der Waals surface area contributed by atoms with E-state index < -0.39 is 0 Å². The van der Waals surface area contributed by atoms with Crippen LogP contribution in [0.1, 0.15) is 29.2 Å². The fourth-order valence-corrected chi connectivity index (χ4v) is 2.93. The number of carbonyl (C=O) groups excluding carboxylic acids is 1. The van der Waals surface area contributed by atoms with Gasteiger partial charge in [0.25, 0.3) is 5.91 Å². The molecule has 1 amide bonds. The lowest BCUT2D eigenvalue weighted by Crippen LogP contribution is -2.17. The van der Waals surface area contributed by atoms with Crippen LogP contribution < -0.4 is 14.9 Å². The Morgan fingerprint density at radius 1 is 1.30 bits per heavy atom. The molecule has 3 aromatic rings. The van der Waals surface area contributed by atoms with Gasteiger partial charge in [-0.15, -0.1) is 11.3 Å². The van der Waals surface area contributed by atoms with E-state index in [1.165, 1.54) is 11.3 Å². The lowest BCUT2D eigenvalue weighted by molar-refractivity contribution is 0.0950. The highest BCUT2D eigenvalue weighted by atomic mass is 32.1. The van der Waals surface area contributed by atoms with Crippen LogP contribution in [0.4, 0.5) is 0 Å². The summed E-state index contributed by atoms with van der Waals surface area (Å²) in [5.41, 5.74) is 4.22. The number of amides is 1. The summed E-state index contributed by atoms with van der Waals surface area (Å²) in [7, 11) is 1.58. The van der Waals surface area contributed by atoms with Gasteiger partial charge < -0.3 is 9.47 Å². The van der Waals surface area contributed by atoms with Gasteiger partial charge in [-0.2, -0.15) is 10.2 Å². The molecule has 0 fully saturated rings. The standard InChI is InChI=1S/C19H20N4O3S/c1-12(2)26-17-7-6-13(9-18(17)25-3)15-10-16(22-21-15)19(24)23-20-11-14-5-4-8-27-14/h4-12H,1-3H3,(H,21,22)(H,23,24)/b20-11-. The molecule has 2 aromatic heterocycles. The van der Waals surface area contributed by atoms with Gasteiger partial charge in [0.1, 0.15) is 5.69 Å². The van der Waals surface area contributed by atoms with Crippen molar-refractivity contribution in [1.29, 1.82) is 0 Å². The summed E-state index contributed by atoms with van der Waals surface area (Å²) in [6.45, 7) is 3.90. The van der Waals surface area contributed by atoms with Gasteiger partial charge in [0.15, 0.2) is 11.5 Å². The van der Waals surface area contributed by atoms with Crippen molar-refractivity contribution in [1.82, 2.24) is 15.6 Å². The van der Waals surface area contributed by atoms with Crippen LogP contribution in [-0.2, 0) is 0 Å². The quantitative estimate of drug-likeness (QED) is 0.480. The average molecular weight is 384 g/mol. The van der Waals surface area contributed by atoms with Crippen molar-refractivity contribution in [3.05, 3.63) is 52.3 Å². The van der Waals surface area contributed by atoms with Crippen molar-refractivity contribution >= 4 is 23.5 Å². The summed E-state index contributed by atoms with van der Waals surface area (Å²) in [6.07, 6.45) is 1.64. The highest BCUT2D eigenvalue weighted by molar-refractivity contribution is 7.11. The van der Waals surface area contributed by atoms with E-state index >= 15 is 0 Å². The topological polar surface area (TPSA) is 88.6 Å². The summed E-state index contributed by atoms with van der Waals surface area (Å²) >= 11 is 1.54. The van der Waals surface area contributed by atoms with Crippen molar-refractivity contribution in [2.75, 3.05) is 7.11 Å². The SMILES string of the molecule is COc1cc(-c2cc(C(=O)N/N=C\c3cccs3)[nH]n2)ccc1OC(C)C. The Kier molecular flexibility index (Phi) is 5.87. The van der Waals surface area contributed by atoms with E-state index in [0.717, 1.165) is 10.4 Å². The molecule has 0 aliphatic rings. The second-order valence-corrected chi connectivity index (χ2v) is 6.89. The molecule has 3 rings (SSSR count). The fourth-order valence-electron chi connectivity index (χ4n) is 2.34. The third kappa shape index (κ3) is 4.73. The third-order valence-corrected chi connectivity index (χ3v) is 4.35. The normalized spacial score (nSPS) is 11.1. The van der Waals surface area contributed by atoms with E-state index in [0.29, 0.717) is 22.9 Å². The first-order valence-corrected chi connectivity index (χ1v) is 9.22. The van der Waals surface area contributed by atoms with E-state index in [-0.39, 0.29) is 12.0 Å². The van der Waals surface area contributed by atoms with Gasteiger partial charge in [0.05, 0.1) is 25.1 Å². The second kappa shape index (κ2) is 8.50. The zero-order valence-electron chi connectivity index (χ0n) is 15.2. The number of aromatic nitrogens is 2. The molecule has 2 N–H and O–H groups in total. The van der Waals surface area contributed by atoms with Gasteiger partial charge in [-0.1, -0.05) is 6.07 Å². The third-order valence-electron chi connectivity index (χ3n) is 3.55. The van der Waals surface area contributed by atoms with E-state index in [2.05, 4.69) is 20.7 Å². The number of benzene rings is 1. The maximum atomic E-state index is 12.2. The summed E-state index contributed by atoms with van der Waals surface area (Å²) in [6, 6.07) is 11.0. The van der Waals surface area contributed by atoms with Crippen molar-refractivity contribution < 1.29 is 14.3 Å². The molecule has 27 heavy (non-hydrogen) atoms. The number of hydrazone groups is 1. The first-order valence-electron chi connectivity index (χ1n) is 8.34.